The highest BCUT2D eigenvalue weighted by Crippen LogP contribution is 2.43. The molecule has 5 heteroatoms. The van der Waals surface area contributed by atoms with E-state index in [1.807, 2.05) is 0 Å². The number of rotatable bonds is 4. The molecule has 1 saturated carbocycles. The number of hydrogen-bond donors (Lipinski definition) is 1. The van der Waals surface area contributed by atoms with Gasteiger partial charge >= 0.3 is 0 Å². The van der Waals surface area contributed by atoms with Crippen molar-refractivity contribution in [2.45, 2.75) is 43.9 Å². The van der Waals surface area contributed by atoms with E-state index < -0.39 is 0 Å². The van der Waals surface area contributed by atoms with Gasteiger partial charge < -0.3 is 14.6 Å². The van der Waals surface area contributed by atoms with Crippen LogP contribution in [0.25, 0.3) is 0 Å². The van der Waals surface area contributed by atoms with Crippen molar-refractivity contribution < 1.29 is 14.6 Å². The normalized spacial score (nSPS) is 24.8. The van der Waals surface area contributed by atoms with Gasteiger partial charge in [-0.15, -0.1) is 12.4 Å². The Labute approximate surface area is 167 Å². The zero-order valence-electron chi connectivity index (χ0n) is 15.9. The van der Waals surface area contributed by atoms with E-state index in [4.69, 9.17) is 9.47 Å². The molecule has 0 saturated heterocycles. The van der Waals surface area contributed by atoms with E-state index >= 15 is 0 Å². The molecule has 4 rings (SSSR count). The molecular weight excluding hydrogens is 362 g/mol. The van der Waals surface area contributed by atoms with Crippen LogP contribution in [-0.4, -0.2) is 42.9 Å². The van der Waals surface area contributed by atoms with Gasteiger partial charge in [-0.1, -0.05) is 30.3 Å². The summed E-state index contributed by atoms with van der Waals surface area (Å²) in [4.78, 5) is 2.50. The second-order valence-corrected chi connectivity index (χ2v) is 7.27. The van der Waals surface area contributed by atoms with Crippen molar-refractivity contribution in [2.75, 3.05) is 20.8 Å². The van der Waals surface area contributed by atoms with Crippen LogP contribution >= 0.6 is 12.4 Å². The summed E-state index contributed by atoms with van der Waals surface area (Å²) in [6.45, 7) is 0.948. The molecule has 2 aromatic carbocycles. The van der Waals surface area contributed by atoms with Gasteiger partial charge in [-0.2, -0.15) is 0 Å². The van der Waals surface area contributed by atoms with Gasteiger partial charge in [0.15, 0.2) is 11.5 Å². The predicted octanol–water partition coefficient (Wildman–Crippen LogP) is 3.99. The monoisotopic (exact) mass is 389 g/mol. The first-order valence-electron chi connectivity index (χ1n) is 9.46. The molecule has 1 N–H and O–H groups in total. The number of aliphatic hydroxyl groups excluding tert-OH is 1. The largest absolute Gasteiger partial charge is 0.493 e. The van der Waals surface area contributed by atoms with Crippen molar-refractivity contribution in [3.05, 3.63) is 59.2 Å². The van der Waals surface area contributed by atoms with Gasteiger partial charge in [0.05, 0.1) is 26.4 Å². The van der Waals surface area contributed by atoms with Crippen LogP contribution in [0, 0.1) is 0 Å². The fraction of sp³-hybridized carbons (Fsp3) is 0.455. The van der Waals surface area contributed by atoms with Gasteiger partial charge in [0.25, 0.3) is 0 Å². The fourth-order valence-corrected chi connectivity index (χ4v) is 4.64. The summed E-state index contributed by atoms with van der Waals surface area (Å²) in [6.07, 6.45) is 3.79. The standard InChI is InChI=1S/C22H27NO3.ClH/c1-25-20-13-16-11-12-23(18-9-6-10-19(18)24)22(15-7-4-3-5-8-15)17(16)14-21(20)26-2;/h3-5,7-8,13-14,18-19,22,24H,6,9-12H2,1-2H3;1H. The van der Waals surface area contributed by atoms with Crippen LogP contribution in [-0.2, 0) is 6.42 Å². The molecule has 1 aliphatic heterocycles. The zero-order valence-corrected chi connectivity index (χ0v) is 16.7. The summed E-state index contributed by atoms with van der Waals surface area (Å²) in [6, 6.07) is 15.2. The van der Waals surface area contributed by atoms with E-state index in [2.05, 4.69) is 47.4 Å². The number of nitrogens with zero attached hydrogens (tertiary/aromatic N) is 1. The second-order valence-electron chi connectivity index (χ2n) is 7.27. The maximum atomic E-state index is 10.6. The van der Waals surface area contributed by atoms with Crippen molar-refractivity contribution in [3.8, 4) is 11.5 Å². The third kappa shape index (κ3) is 3.66. The van der Waals surface area contributed by atoms with Crippen LogP contribution in [0.1, 0.15) is 42.0 Å². The Bertz CT molecular complexity index is 768. The number of halogens is 1. The van der Waals surface area contributed by atoms with Crippen LogP contribution in [0.2, 0.25) is 0 Å². The van der Waals surface area contributed by atoms with Crippen molar-refractivity contribution >= 4 is 12.4 Å². The highest BCUT2D eigenvalue weighted by atomic mass is 35.5. The van der Waals surface area contributed by atoms with E-state index in [9.17, 15) is 5.11 Å². The van der Waals surface area contributed by atoms with Crippen LogP contribution in [0.3, 0.4) is 0 Å². The lowest BCUT2D eigenvalue weighted by Gasteiger charge is -2.42. The second kappa shape index (κ2) is 8.51. The van der Waals surface area contributed by atoms with E-state index in [1.165, 1.54) is 16.7 Å². The minimum absolute atomic E-state index is 0. The predicted molar refractivity (Wildman–Crippen MR) is 109 cm³/mol. The molecule has 1 heterocycles. The third-order valence-corrected chi connectivity index (χ3v) is 5.90. The number of benzene rings is 2. The van der Waals surface area contributed by atoms with Crippen LogP contribution in [0.5, 0.6) is 11.5 Å². The molecule has 146 valence electrons. The van der Waals surface area contributed by atoms with E-state index in [0.717, 1.165) is 43.7 Å². The zero-order chi connectivity index (χ0) is 18.1. The number of ether oxygens (including phenoxy) is 2. The lowest BCUT2D eigenvalue weighted by Crippen LogP contribution is -2.46. The molecule has 1 aliphatic carbocycles. The van der Waals surface area contributed by atoms with Gasteiger partial charge in [-0.25, -0.2) is 0 Å². The topological polar surface area (TPSA) is 41.9 Å². The maximum absolute atomic E-state index is 10.6. The fourth-order valence-electron chi connectivity index (χ4n) is 4.64. The van der Waals surface area contributed by atoms with Crippen LogP contribution in [0.15, 0.2) is 42.5 Å². The Morgan fingerprint density at radius 1 is 1.00 bits per heavy atom. The van der Waals surface area contributed by atoms with E-state index in [-0.39, 0.29) is 30.6 Å². The Hall–Kier alpha value is -1.75. The van der Waals surface area contributed by atoms with Crippen LogP contribution in [0.4, 0.5) is 0 Å². The van der Waals surface area contributed by atoms with Crippen molar-refractivity contribution in [2.24, 2.45) is 0 Å². The average molecular weight is 390 g/mol. The smallest absolute Gasteiger partial charge is 0.161 e. The molecule has 0 aromatic heterocycles. The van der Waals surface area contributed by atoms with Gasteiger partial charge in [-0.3, -0.25) is 4.90 Å². The molecule has 0 radical (unpaired) electrons. The number of methoxy groups -OCH3 is 2. The SMILES string of the molecule is COc1cc2c(cc1OC)C(c1ccccc1)N(C1CCCC1O)CC2.Cl. The molecule has 4 nitrogen and oxygen atoms in total. The summed E-state index contributed by atoms with van der Waals surface area (Å²) in [7, 11) is 3.37. The Morgan fingerprint density at radius 2 is 1.70 bits per heavy atom. The molecule has 0 amide bonds. The van der Waals surface area contributed by atoms with Gasteiger partial charge in [-0.05, 0) is 54.5 Å². The summed E-state index contributed by atoms with van der Waals surface area (Å²) < 4.78 is 11.1. The summed E-state index contributed by atoms with van der Waals surface area (Å²) >= 11 is 0. The summed E-state index contributed by atoms with van der Waals surface area (Å²) in [5.41, 5.74) is 3.83. The number of hydrogen-bond acceptors (Lipinski definition) is 4. The first-order chi connectivity index (χ1) is 12.7. The molecule has 1 fully saturated rings. The third-order valence-electron chi connectivity index (χ3n) is 5.90. The van der Waals surface area contributed by atoms with Crippen molar-refractivity contribution in [3.63, 3.8) is 0 Å². The van der Waals surface area contributed by atoms with Gasteiger partial charge in [0.1, 0.15) is 0 Å². The number of aliphatic hydroxyl groups is 1. The van der Waals surface area contributed by atoms with Gasteiger partial charge in [0, 0.05) is 12.6 Å². The Morgan fingerprint density at radius 3 is 2.33 bits per heavy atom. The highest BCUT2D eigenvalue weighted by molar-refractivity contribution is 5.85. The lowest BCUT2D eigenvalue weighted by atomic mass is 9.86. The average Bonchev–Trinajstić information content (AvgIpc) is 3.12. The maximum Gasteiger partial charge on any atom is 0.161 e. The molecule has 0 spiro atoms. The van der Waals surface area contributed by atoms with E-state index in [1.54, 1.807) is 14.2 Å². The lowest BCUT2D eigenvalue weighted by molar-refractivity contribution is 0.0482. The first kappa shape index (κ1) is 20.0. The summed E-state index contributed by atoms with van der Waals surface area (Å²) in [5, 5.41) is 10.6. The Kier molecular flexibility index (Phi) is 6.30. The minimum atomic E-state index is -0.233. The molecule has 0 bridgehead atoms. The first-order valence-corrected chi connectivity index (χ1v) is 9.46. The number of fused-ring (bicyclic) bond motifs is 1. The summed E-state index contributed by atoms with van der Waals surface area (Å²) in [5.74, 6) is 1.55. The van der Waals surface area contributed by atoms with Crippen molar-refractivity contribution in [1.29, 1.82) is 0 Å². The molecule has 2 aliphatic rings. The minimum Gasteiger partial charge on any atom is -0.493 e. The molecule has 3 unspecified atom stereocenters. The van der Waals surface area contributed by atoms with E-state index in [0.29, 0.717) is 0 Å². The molecule has 2 aromatic rings. The quantitative estimate of drug-likeness (QED) is 0.858. The molecule has 27 heavy (non-hydrogen) atoms. The van der Waals surface area contributed by atoms with Gasteiger partial charge in [0.2, 0.25) is 0 Å². The van der Waals surface area contributed by atoms with Crippen molar-refractivity contribution in [1.82, 2.24) is 4.90 Å². The molecule has 3 atom stereocenters. The Balaban J connectivity index is 0.00000210. The molecular formula is C22H28ClNO3. The highest BCUT2D eigenvalue weighted by Gasteiger charge is 2.39. The van der Waals surface area contributed by atoms with Crippen LogP contribution < -0.4 is 9.47 Å².